The van der Waals surface area contributed by atoms with Crippen LogP contribution >= 0.6 is 0 Å². The molecule has 0 aliphatic rings. The van der Waals surface area contributed by atoms with Crippen LogP contribution < -0.4 is 10.7 Å². The molecule has 1 atom stereocenters. The molecule has 0 heterocycles. The third kappa shape index (κ3) is 7.39. The molecule has 2 amide bonds. The van der Waals surface area contributed by atoms with Crippen LogP contribution in [0.2, 0.25) is 0 Å². The highest BCUT2D eigenvalue weighted by Crippen LogP contribution is 2.09. The van der Waals surface area contributed by atoms with Crippen LogP contribution in [0.25, 0.3) is 0 Å². The Morgan fingerprint density at radius 3 is 2.42 bits per heavy atom. The maximum absolute atomic E-state index is 11.7. The van der Waals surface area contributed by atoms with Crippen molar-refractivity contribution in [1.29, 1.82) is 0 Å². The molecule has 0 fully saturated rings. The Hall–Kier alpha value is -2.90. The molecule has 8 nitrogen and oxygen atoms in total. The predicted octanol–water partition coefficient (Wildman–Crippen LogP) is 1.29. The number of carbonyl (C=O) groups is 3. The Labute approximate surface area is 139 Å². The number of carboxylic acid groups (broad SMARTS) is 1. The lowest BCUT2D eigenvalue weighted by Gasteiger charge is -2.22. The predicted molar refractivity (Wildman–Crippen MR) is 87.7 cm³/mol. The zero-order chi connectivity index (χ0) is 18.2. The summed E-state index contributed by atoms with van der Waals surface area (Å²) in [7, 11) is 0. The van der Waals surface area contributed by atoms with E-state index < -0.39 is 23.7 Å². The zero-order valence-corrected chi connectivity index (χ0v) is 13.8. The molecule has 0 aromatic heterocycles. The average molecular weight is 335 g/mol. The number of carboxylic acids is 1. The summed E-state index contributed by atoms with van der Waals surface area (Å²) in [6.07, 6.45) is 1.23. The van der Waals surface area contributed by atoms with Crippen LogP contribution in [0.1, 0.15) is 31.9 Å². The molecule has 3 N–H and O–H groups in total. The minimum atomic E-state index is -1.15. The van der Waals surface area contributed by atoms with Gasteiger partial charge >= 0.3 is 12.1 Å². The Morgan fingerprint density at radius 1 is 1.29 bits per heavy atom. The normalized spacial score (nSPS) is 12.5. The van der Waals surface area contributed by atoms with Crippen LogP contribution in [0.4, 0.5) is 4.79 Å². The zero-order valence-electron chi connectivity index (χ0n) is 13.8. The van der Waals surface area contributed by atoms with Crippen molar-refractivity contribution in [3.05, 3.63) is 35.4 Å². The first-order valence-electron chi connectivity index (χ1n) is 7.25. The van der Waals surface area contributed by atoms with Gasteiger partial charge in [-0.25, -0.2) is 15.0 Å². The van der Waals surface area contributed by atoms with E-state index in [0.717, 1.165) is 11.1 Å². The third-order valence-corrected chi connectivity index (χ3v) is 2.75. The molecule has 0 saturated carbocycles. The molecule has 24 heavy (non-hydrogen) atoms. The first-order chi connectivity index (χ1) is 11.2. The fourth-order valence-electron chi connectivity index (χ4n) is 1.77. The van der Waals surface area contributed by atoms with Gasteiger partial charge in [0, 0.05) is 6.42 Å². The number of hydrazone groups is 1. The summed E-state index contributed by atoms with van der Waals surface area (Å²) in [5, 5.41) is 15.2. The summed E-state index contributed by atoms with van der Waals surface area (Å²) in [6, 6.07) is 5.77. The topological polar surface area (TPSA) is 117 Å². The van der Waals surface area contributed by atoms with Gasteiger partial charge in [0.25, 0.3) is 0 Å². The van der Waals surface area contributed by atoms with Gasteiger partial charge in [0.15, 0.2) is 0 Å². The van der Waals surface area contributed by atoms with Crippen molar-refractivity contribution in [1.82, 2.24) is 10.7 Å². The molecular weight excluding hydrogens is 314 g/mol. The molecule has 0 radical (unpaired) electrons. The van der Waals surface area contributed by atoms with Crippen molar-refractivity contribution < 1.29 is 24.2 Å². The summed E-state index contributed by atoms with van der Waals surface area (Å²) in [5.74, 6) is -1.15. The fraction of sp³-hybridized carbons (Fsp3) is 0.375. The van der Waals surface area contributed by atoms with Gasteiger partial charge < -0.3 is 15.2 Å². The number of ether oxygens (including phenoxy) is 1. The Bertz CT molecular complexity index is 605. The van der Waals surface area contributed by atoms with E-state index in [4.69, 9.17) is 4.74 Å². The molecule has 1 unspecified atom stereocenters. The van der Waals surface area contributed by atoms with E-state index in [-0.39, 0.29) is 6.42 Å². The second kappa shape index (κ2) is 8.66. The van der Waals surface area contributed by atoms with Crippen molar-refractivity contribution in [3.63, 3.8) is 0 Å². The summed E-state index contributed by atoms with van der Waals surface area (Å²) < 4.78 is 5.06. The van der Waals surface area contributed by atoms with Gasteiger partial charge in [0.2, 0.25) is 6.41 Å². The Morgan fingerprint density at radius 2 is 1.92 bits per heavy atom. The number of alkyl carbamates (subject to hydrolysis) is 1. The first-order valence-corrected chi connectivity index (χ1v) is 7.25. The highest BCUT2D eigenvalue weighted by Gasteiger charge is 2.24. The summed E-state index contributed by atoms with van der Waals surface area (Å²) in [5.41, 5.74) is 2.90. The van der Waals surface area contributed by atoms with Crippen molar-refractivity contribution in [2.45, 2.75) is 38.8 Å². The van der Waals surface area contributed by atoms with Crippen LogP contribution in [0.3, 0.4) is 0 Å². The minimum absolute atomic E-state index is 0.110. The van der Waals surface area contributed by atoms with Crippen LogP contribution in [0, 0.1) is 0 Å². The lowest BCUT2D eigenvalue weighted by Crippen LogP contribution is -2.44. The van der Waals surface area contributed by atoms with Crippen molar-refractivity contribution in [2.24, 2.45) is 5.10 Å². The highest BCUT2D eigenvalue weighted by molar-refractivity contribution is 5.81. The van der Waals surface area contributed by atoms with E-state index in [1.54, 1.807) is 45.0 Å². The first kappa shape index (κ1) is 19.1. The van der Waals surface area contributed by atoms with Crippen LogP contribution in [0.15, 0.2) is 29.4 Å². The number of amides is 2. The minimum Gasteiger partial charge on any atom is -0.480 e. The molecule has 1 aromatic carbocycles. The smallest absolute Gasteiger partial charge is 0.408 e. The van der Waals surface area contributed by atoms with Gasteiger partial charge in [-0.05, 0) is 31.9 Å². The van der Waals surface area contributed by atoms with E-state index in [1.807, 2.05) is 0 Å². The SMILES string of the molecule is CC(C)(C)OC(=O)NC(Cc1ccc(/C=N/NC=O)cc1)C(=O)O. The second-order valence-corrected chi connectivity index (χ2v) is 5.99. The number of nitrogens with zero attached hydrogens (tertiary/aromatic N) is 1. The number of aliphatic carboxylic acids is 1. The van der Waals surface area contributed by atoms with Gasteiger partial charge in [-0.1, -0.05) is 24.3 Å². The Balaban J connectivity index is 2.70. The summed E-state index contributed by atoms with van der Waals surface area (Å²) in [6.45, 7) is 5.09. The van der Waals surface area contributed by atoms with E-state index >= 15 is 0 Å². The lowest BCUT2D eigenvalue weighted by molar-refractivity contribution is -0.139. The third-order valence-electron chi connectivity index (χ3n) is 2.75. The van der Waals surface area contributed by atoms with Gasteiger partial charge in [0.05, 0.1) is 6.21 Å². The molecule has 8 heteroatoms. The largest absolute Gasteiger partial charge is 0.480 e. The number of hydrogen-bond donors (Lipinski definition) is 3. The van der Waals surface area contributed by atoms with E-state index in [0.29, 0.717) is 6.41 Å². The molecule has 130 valence electrons. The van der Waals surface area contributed by atoms with E-state index in [9.17, 15) is 19.5 Å². The molecule has 0 bridgehead atoms. The molecule has 0 spiro atoms. The number of hydrogen-bond acceptors (Lipinski definition) is 5. The molecular formula is C16H21N3O5. The quantitative estimate of drug-likeness (QED) is 0.394. The van der Waals surface area contributed by atoms with Crippen LogP contribution in [-0.2, 0) is 20.7 Å². The van der Waals surface area contributed by atoms with Crippen molar-refractivity contribution >= 4 is 24.7 Å². The Kier molecular flexibility index (Phi) is 6.91. The van der Waals surface area contributed by atoms with Crippen LogP contribution in [0.5, 0.6) is 0 Å². The maximum Gasteiger partial charge on any atom is 0.408 e. The van der Waals surface area contributed by atoms with Gasteiger partial charge in [0.1, 0.15) is 11.6 Å². The van der Waals surface area contributed by atoms with Crippen molar-refractivity contribution in [2.75, 3.05) is 0 Å². The summed E-state index contributed by atoms with van der Waals surface area (Å²) >= 11 is 0. The summed E-state index contributed by atoms with van der Waals surface area (Å²) in [4.78, 5) is 33.1. The number of nitrogens with one attached hydrogen (secondary N) is 2. The van der Waals surface area contributed by atoms with Gasteiger partial charge in [-0.2, -0.15) is 5.10 Å². The number of benzene rings is 1. The second-order valence-electron chi connectivity index (χ2n) is 5.99. The maximum atomic E-state index is 11.7. The molecule has 0 saturated heterocycles. The monoisotopic (exact) mass is 335 g/mol. The van der Waals surface area contributed by atoms with Gasteiger partial charge in [-0.15, -0.1) is 0 Å². The average Bonchev–Trinajstić information content (AvgIpc) is 2.46. The standard InChI is InChI=1S/C16H21N3O5/c1-16(2,3)24-15(23)19-13(14(21)22)8-11-4-6-12(7-5-11)9-17-18-10-20/h4-7,9-10,13H,8H2,1-3H3,(H,18,20)(H,19,23)(H,21,22)/b17-9+. The molecule has 0 aliphatic heterocycles. The lowest BCUT2D eigenvalue weighted by atomic mass is 10.0. The number of carbonyl (C=O) groups excluding carboxylic acids is 2. The molecule has 1 aromatic rings. The van der Waals surface area contributed by atoms with Crippen LogP contribution in [-0.4, -0.2) is 41.4 Å². The van der Waals surface area contributed by atoms with Gasteiger partial charge in [-0.3, -0.25) is 4.79 Å². The van der Waals surface area contributed by atoms with Crippen molar-refractivity contribution in [3.8, 4) is 0 Å². The highest BCUT2D eigenvalue weighted by atomic mass is 16.6. The van der Waals surface area contributed by atoms with E-state index in [1.165, 1.54) is 6.21 Å². The van der Waals surface area contributed by atoms with E-state index in [2.05, 4.69) is 15.8 Å². The number of rotatable bonds is 7. The molecule has 0 aliphatic carbocycles. The molecule has 1 rings (SSSR count). The fourth-order valence-corrected chi connectivity index (χ4v) is 1.77.